The minimum absolute atomic E-state index is 0.111. The first-order valence-corrected chi connectivity index (χ1v) is 8.30. The lowest BCUT2D eigenvalue weighted by Gasteiger charge is -2.13. The van der Waals surface area contributed by atoms with E-state index in [2.05, 4.69) is 0 Å². The van der Waals surface area contributed by atoms with Gasteiger partial charge in [0.15, 0.2) is 23.0 Å². The molecule has 0 fully saturated rings. The highest BCUT2D eigenvalue weighted by Gasteiger charge is 2.23. The highest BCUT2D eigenvalue weighted by atomic mass is 16.7. The minimum atomic E-state index is -0.111. The van der Waals surface area contributed by atoms with Crippen LogP contribution in [-0.2, 0) is 7.05 Å². The molecular formula is C20H13NO5. The van der Waals surface area contributed by atoms with Crippen LogP contribution in [0.2, 0.25) is 0 Å². The normalized spacial score (nSPS) is 14.7. The molecule has 128 valence electrons. The van der Waals surface area contributed by atoms with Crippen molar-refractivity contribution in [2.24, 2.45) is 7.05 Å². The Morgan fingerprint density at radius 1 is 0.808 bits per heavy atom. The summed E-state index contributed by atoms with van der Waals surface area (Å²) >= 11 is 0. The Hall–Kier alpha value is -3.41. The molecule has 0 atom stereocenters. The monoisotopic (exact) mass is 347 g/mol. The van der Waals surface area contributed by atoms with Crippen LogP contribution in [0, 0.1) is 0 Å². The van der Waals surface area contributed by atoms with Crippen molar-refractivity contribution in [2.45, 2.75) is 0 Å². The Kier molecular flexibility index (Phi) is 2.45. The van der Waals surface area contributed by atoms with E-state index in [0.29, 0.717) is 22.6 Å². The fourth-order valence-electron chi connectivity index (χ4n) is 3.95. The number of hydrogen-bond donors (Lipinski definition) is 0. The van der Waals surface area contributed by atoms with Crippen molar-refractivity contribution in [1.82, 2.24) is 4.57 Å². The standard InChI is InChI=1S/C20H13NO5/c1-21-18-12(3-2-10-6-15-16(7-13(10)18)25-8-24-15)11-4-5-14-19(26-9-23-14)17(11)20(21)22/h2-7H,8-9H2,1H3. The van der Waals surface area contributed by atoms with E-state index in [4.69, 9.17) is 18.9 Å². The molecule has 26 heavy (non-hydrogen) atoms. The summed E-state index contributed by atoms with van der Waals surface area (Å²) in [4.78, 5) is 13.2. The van der Waals surface area contributed by atoms with Crippen LogP contribution in [0.5, 0.6) is 23.0 Å². The van der Waals surface area contributed by atoms with Crippen LogP contribution in [0.1, 0.15) is 0 Å². The van der Waals surface area contributed by atoms with Crippen molar-refractivity contribution >= 4 is 32.4 Å². The topological polar surface area (TPSA) is 58.9 Å². The van der Waals surface area contributed by atoms with Gasteiger partial charge in [-0.25, -0.2) is 0 Å². The van der Waals surface area contributed by atoms with E-state index < -0.39 is 0 Å². The van der Waals surface area contributed by atoms with E-state index in [1.165, 1.54) is 0 Å². The Morgan fingerprint density at radius 2 is 1.54 bits per heavy atom. The average Bonchev–Trinajstić information content (AvgIpc) is 3.31. The summed E-state index contributed by atoms with van der Waals surface area (Å²) in [5.74, 6) is 2.56. The molecule has 0 unspecified atom stereocenters. The van der Waals surface area contributed by atoms with E-state index >= 15 is 0 Å². The van der Waals surface area contributed by atoms with Crippen LogP contribution in [0.15, 0.2) is 41.2 Å². The van der Waals surface area contributed by atoms with Gasteiger partial charge in [0.25, 0.3) is 5.56 Å². The summed E-state index contributed by atoms with van der Waals surface area (Å²) in [6.07, 6.45) is 0. The molecule has 0 saturated heterocycles. The molecule has 6 nitrogen and oxygen atoms in total. The maximum atomic E-state index is 13.2. The second-order valence-electron chi connectivity index (χ2n) is 6.47. The van der Waals surface area contributed by atoms with Crippen molar-refractivity contribution < 1.29 is 18.9 Å². The van der Waals surface area contributed by atoms with Gasteiger partial charge in [0.05, 0.1) is 10.9 Å². The van der Waals surface area contributed by atoms with Crippen molar-refractivity contribution in [1.29, 1.82) is 0 Å². The number of rotatable bonds is 0. The van der Waals surface area contributed by atoms with E-state index in [1.807, 2.05) is 36.4 Å². The third kappa shape index (κ3) is 1.59. The van der Waals surface area contributed by atoms with Crippen molar-refractivity contribution in [2.75, 3.05) is 13.6 Å². The molecule has 0 bridgehead atoms. The van der Waals surface area contributed by atoms with Gasteiger partial charge in [0, 0.05) is 23.2 Å². The van der Waals surface area contributed by atoms with Gasteiger partial charge in [-0.05, 0) is 29.7 Å². The predicted molar refractivity (Wildman–Crippen MR) is 96.4 cm³/mol. The molecule has 0 N–H and O–H groups in total. The number of aryl methyl sites for hydroxylation is 1. The maximum Gasteiger partial charge on any atom is 0.262 e. The maximum absolute atomic E-state index is 13.2. The summed E-state index contributed by atoms with van der Waals surface area (Å²) < 4.78 is 23.7. The molecule has 0 aliphatic carbocycles. The van der Waals surface area contributed by atoms with Crippen LogP contribution in [0.3, 0.4) is 0 Å². The van der Waals surface area contributed by atoms with Crippen molar-refractivity contribution in [3.05, 3.63) is 46.8 Å². The Bertz CT molecular complexity index is 1320. The summed E-state index contributed by atoms with van der Waals surface area (Å²) in [5, 5.41) is 4.33. The van der Waals surface area contributed by atoms with Gasteiger partial charge in [-0.15, -0.1) is 0 Å². The Morgan fingerprint density at radius 3 is 2.42 bits per heavy atom. The third-order valence-corrected chi connectivity index (χ3v) is 5.17. The highest BCUT2D eigenvalue weighted by Crippen LogP contribution is 2.42. The minimum Gasteiger partial charge on any atom is -0.454 e. The lowest BCUT2D eigenvalue weighted by Crippen LogP contribution is -2.18. The van der Waals surface area contributed by atoms with Crippen molar-refractivity contribution in [3.63, 3.8) is 0 Å². The van der Waals surface area contributed by atoms with Gasteiger partial charge in [0.1, 0.15) is 0 Å². The van der Waals surface area contributed by atoms with Gasteiger partial charge < -0.3 is 23.5 Å². The largest absolute Gasteiger partial charge is 0.454 e. The van der Waals surface area contributed by atoms with Crippen LogP contribution in [0.4, 0.5) is 0 Å². The van der Waals surface area contributed by atoms with Crippen LogP contribution >= 0.6 is 0 Å². The molecule has 2 aliphatic heterocycles. The summed E-state index contributed by atoms with van der Waals surface area (Å²) in [6.45, 7) is 0.353. The molecule has 0 saturated carbocycles. The van der Waals surface area contributed by atoms with Crippen LogP contribution in [0.25, 0.3) is 32.4 Å². The Balaban J connectivity index is 1.85. The van der Waals surface area contributed by atoms with E-state index in [0.717, 1.165) is 32.8 Å². The molecule has 4 aromatic rings. The van der Waals surface area contributed by atoms with E-state index in [1.54, 1.807) is 11.6 Å². The fraction of sp³-hybridized carbons (Fsp3) is 0.150. The number of fused-ring (bicyclic) bond motifs is 8. The van der Waals surface area contributed by atoms with Crippen LogP contribution in [-0.4, -0.2) is 18.2 Å². The smallest absolute Gasteiger partial charge is 0.262 e. The first kappa shape index (κ1) is 13.8. The molecule has 0 amide bonds. The molecule has 0 spiro atoms. The van der Waals surface area contributed by atoms with Crippen LogP contribution < -0.4 is 24.5 Å². The fourth-order valence-corrected chi connectivity index (χ4v) is 3.95. The van der Waals surface area contributed by atoms with Gasteiger partial charge in [-0.2, -0.15) is 0 Å². The highest BCUT2D eigenvalue weighted by molar-refractivity contribution is 6.17. The zero-order chi connectivity index (χ0) is 17.4. The number of pyridine rings is 1. The molecular weight excluding hydrogens is 334 g/mol. The molecule has 2 aliphatic rings. The molecule has 3 heterocycles. The quantitative estimate of drug-likeness (QED) is 0.457. The molecule has 1 aromatic heterocycles. The number of benzene rings is 3. The first-order valence-electron chi connectivity index (χ1n) is 8.30. The number of hydrogen-bond acceptors (Lipinski definition) is 5. The number of ether oxygens (including phenoxy) is 4. The molecule has 6 rings (SSSR count). The lowest BCUT2D eigenvalue weighted by molar-refractivity contribution is 0.174. The van der Waals surface area contributed by atoms with Crippen molar-refractivity contribution in [3.8, 4) is 23.0 Å². The first-order chi connectivity index (χ1) is 12.7. The zero-order valence-corrected chi connectivity index (χ0v) is 13.9. The number of nitrogens with zero attached hydrogens (tertiary/aromatic N) is 1. The molecule has 6 heteroatoms. The van der Waals surface area contributed by atoms with E-state index in [-0.39, 0.29) is 19.1 Å². The zero-order valence-electron chi connectivity index (χ0n) is 13.9. The SMILES string of the molecule is Cn1c(=O)c2c3c(ccc2c2ccc4cc5c(cc4c21)OCO5)OCO3. The summed E-state index contributed by atoms with van der Waals surface area (Å²) in [6, 6.07) is 11.7. The van der Waals surface area contributed by atoms with Gasteiger partial charge in [-0.1, -0.05) is 12.1 Å². The molecule has 3 aromatic carbocycles. The lowest BCUT2D eigenvalue weighted by atomic mass is 10.00. The van der Waals surface area contributed by atoms with Gasteiger partial charge in [0.2, 0.25) is 13.6 Å². The predicted octanol–water partition coefficient (Wildman–Crippen LogP) is 3.30. The second-order valence-corrected chi connectivity index (χ2v) is 6.47. The van der Waals surface area contributed by atoms with Gasteiger partial charge in [-0.3, -0.25) is 4.79 Å². The van der Waals surface area contributed by atoms with Gasteiger partial charge >= 0.3 is 0 Å². The summed E-state index contributed by atoms with van der Waals surface area (Å²) in [5.41, 5.74) is 0.747. The number of aromatic nitrogens is 1. The third-order valence-electron chi connectivity index (χ3n) is 5.17. The van der Waals surface area contributed by atoms with E-state index in [9.17, 15) is 4.79 Å². The molecule has 0 radical (unpaired) electrons. The second kappa shape index (κ2) is 4.60. The Labute approximate surface area is 147 Å². The summed E-state index contributed by atoms with van der Waals surface area (Å²) in [7, 11) is 1.78. The average molecular weight is 347 g/mol.